The molecule has 2 rings (SSSR count). The molecule has 0 aliphatic carbocycles. The van der Waals surface area contributed by atoms with E-state index in [0.717, 1.165) is 17.1 Å². The third-order valence-electron chi connectivity index (χ3n) is 3.79. The molecule has 0 saturated heterocycles. The fraction of sp³-hybridized carbons (Fsp3) is 0.353. The Morgan fingerprint density at radius 1 is 1.12 bits per heavy atom. The number of H-pyrrole nitrogens is 1. The van der Waals surface area contributed by atoms with E-state index in [9.17, 15) is 8.42 Å². The van der Waals surface area contributed by atoms with Gasteiger partial charge in [-0.15, -0.1) is 0 Å². The first kappa shape index (κ1) is 18.2. The predicted molar refractivity (Wildman–Crippen MR) is 93.4 cm³/mol. The molecule has 7 heteroatoms. The van der Waals surface area contributed by atoms with Crippen LogP contribution in [0.2, 0.25) is 0 Å². The quantitative estimate of drug-likeness (QED) is 0.792. The normalized spacial score (nSPS) is 11.5. The molecule has 0 unspecified atom stereocenters. The highest BCUT2D eigenvalue weighted by Gasteiger charge is 2.22. The van der Waals surface area contributed by atoms with Crippen LogP contribution < -0.4 is 15.0 Å². The summed E-state index contributed by atoms with van der Waals surface area (Å²) in [5.41, 5.74) is 1.02. The van der Waals surface area contributed by atoms with Crippen molar-refractivity contribution in [2.75, 3.05) is 25.5 Å². The van der Waals surface area contributed by atoms with Crippen molar-refractivity contribution in [1.82, 2.24) is 4.31 Å². The fourth-order valence-electron chi connectivity index (χ4n) is 2.43. The summed E-state index contributed by atoms with van der Waals surface area (Å²) in [5, 5.41) is 3.23. The summed E-state index contributed by atoms with van der Waals surface area (Å²) in [6.45, 7) is 5.13. The van der Waals surface area contributed by atoms with Crippen molar-refractivity contribution >= 4 is 15.8 Å². The van der Waals surface area contributed by atoms with E-state index in [1.54, 1.807) is 19.2 Å². The second-order valence-electron chi connectivity index (χ2n) is 5.19. The summed E-state index contributed by atoms with van der Waals surface area (Å²) in [4.78, 5) is 3.25. The maximum Gasteiger partial charge on any atom is 0.272 e. The lowest BCUT2D eigenvalue weighted by atomic mass is 10.2. The van der Waals surface area contributed by atoms with E-state index in [1.165, 1.54) is 10.5 Å². The van der Waals surface area contributed by atoms with E-state index in [1.807, 2.05) is 38.1 Å². The number of nitrogens with zero attached hydrogens (tertiary/aromatic N) is 1. The number of ether oxygens (including phenoxy) is 1. The van der Waals surface area contributed by atoms with Gasteiger partial charge in [0.05, 0.1) is 7.11 Å². The minimum Gasteiger partial charge on any atom is -0.496 e. The SMILES string of the molecule is CCN(CC)S(=O)(=O)c1ccc(NCc2ccccc2OC)[nH+]c1. The van der Waals surface area contributed by atoms with Crippen LogP contribution in [0.4, 0.5) is 5.82 Å². The number of benzene rings is 1. The zero-order valence-electron chi connectivity index (χ0n) is 14.2. The summed E-state index contributed by atoms with van der Waals surface area (Å²) in [6, 6.07) is 11.1. The number of methoxy groups -OCH3 is 1. The van der Waals surface area contributed by atoms with Crippen LogP contribution >= 0.6 is 0 Å². The first-order valence-electron chi connectivity index (χ1n) is 7.90. The predicted octanol–water partition coefficient (Wildman–Crippen LogP) is 2.15. The minimum absolute atomic E-state index is 0.258. The van der Waals surface area contributed by atoms with Crippen LogP contribution in [-0.2, 0) is 16.6 Å². The fourth-order valence-corrected chi connectivity index (χ4v) is 3.86. The number of hydrogen-bond acceptors (Lipinski definition) is 4. The molecule has 0 amide bonds. The van der Waals surface area contributed by atoms with Gasteiger partial charge in [0.1, 0.15) is 23.4 Å². The highest BCUT2D eigenvalue weighted by Crippen LogP contribution is 2.18. The van der Waals surface area contributed by atoms with Crippen molar-refractivity contribution < 1.29 is 18.1 Å². The lowest BCUT2D eigenvalue weighted by molar-refractivity contribution is -0.364. The summed E-state index contributed by atoms with van der Waals surface area (Å²) < 4.78 is 31.6. The van der Waals surface area contributed by atoms with Crippen molar-refractivity contribution in [1.29, 1.82) is 0 Å². The average molecular weight is 350 g/mol. The van der Waals surface area contributed by atoms with Gasteiger partial charge in [-0.3, -0.25) is 5.32 Å². The number of aromatic nitrogens is 1. The van der Waals surface area contributed by atoms with Gasteiger partial charge in [0.2, 0.25) is 10.0 Å². The molecule has 0 bridgehead atoms. The summed E-state index contributed by atoms with van der Waals surface area (Å²) in [5.74, 6) is 1.55. The molecule has 1 aromatic heterocycles. The van der Waals surface area contributed by atoms with Crippen molar-refractivity contribution in [2.45, 2.75) is 25.3 Å². The van der Waals surface area contributed by atoms with E-state index in [4.69, 9.17) is 4.74 Å². The number of pyridine rings is 1. The van der Waals surface area contributed by atoms with Gasteiger partial charge < -0.3 is 4.74 Å². The average Bonchev–Trinajstić information content (AvgIpc) is 2.61. The first-order chi connectivity index (χ1) is 11.5. The summed E-state index contributed by atoms with van der Waals surface area (Å²) in [6.07, 6.45) is 1.51. The number of anilines is 1. The van der Waals surface area contributed by atoms with Crippen molar-refractivity contribution in [3.8, 4) is 5.75 Å². The van der Waals surface area contributed by atoms with Gasteiger partial charge in [-0.25, -0.2) is 13.4 Å². The third kappa shape index (κ3) is 4.04. The van der Waals surface area contributed by atoms with Crippen LogP contribution in [0.3, 0.4) is 0 Å². The highest BCUT2D eigenvalue weighted by molar-refractivity contribution is 7.89. The second-order valence-corrected chi connectivity index (χ2v) is 7.13. The topological polar surface area (TPSA) is 72.8 Å². The van der Waals surface area contributed by atoms with Crippen LogP contribution in [0.1, 0.15) is 19.4 Å². The van der Waals surface area contributed by atoms with Gasteiger partial charge in [0.25, 0.3) is 5.82 Å². The number of sulfonamides is 1. The molecular formula is C17H24N3O3S+. The molecule has 2 aromatic rings. The Morgan fingerprint density at radius 3 is 2.42 bits per heavy atom. The van der Waals surface area contributed by atoms with E-state index in [2.05, 4.69) is 10.3 Å². The number of hydrogen-bond donors (Lipinski definition) is 1. The number of aromatic amines is 1. The molecule has 6 nitrogen and oxygen atoms in total. The molecule has 24 heavy (non-hydrogen) atoms. The molecule has 1 heterocycles. The Hall–Kier alpha value is -2.12. The molecule has 2 N–H and O–H groups in total. The second kappa shape index (κ2) is 8.12. The number of rotatable bonds is 8. The summed E-state index contributed by atoms with van der Waals surface area (Å²) in [7, 11) is -1.80. The maximum absolute atomic E-state index is 12.4. The standard InChI is InChI=1S/C17H23N3O3S/c1-4-20(5-2)24(21,22)15-10-11-17(19-13-15)18-12-14-8-6-7-9-16(14)23-3/h6-11,13H,4-5,12H2,1-3H3,(H,18,19)/p+1. The van der Waals surface area contributed by atoms with Crippen LogP contribution in [0.5, 0.6) is 5.75 Å². The van der Waals surface area contributed by atoms with Crippen LogP contribution in [0, 0.1) is 0 Å². The lowest BCUT2D eigenvalue weighted by Gasteiger charge is -2.17. The van der Waals surface area contributed by atoms with E-state index in [-0.39, 0.29) is 4.90 Å². The Balaban J connectivity index is 2.10. The maximum atomic E-state index is 12.4. The summed E-state index contributed by atoms with van der Waals surface area (Å²) >= 11 is 0. The van der Waals surface area contributed by atoms with E-state index in [0.29, 0.717) is 19.6 Å². The number of nitrogens with one attached hydrogen (secondary N) is 2. The Morgan fingerprint density at radius 2 is 1.83 bits per heavy atom. The zero-order chi connectivity index (χ0) is 17.6. The highest BCUT2D eigenvalue weighted by atomic mass is 32.2. The van der Waals surface area contributed by atoms with Crippen molar-refractivity contribution in [3.05, 3.63) is 48.2 Å². The Labute approximate surface area is 143 Å². The van der Waals surface area contributed by atoms with Gasteiger partial charge in [0, 0.05) is 24.7 Å². The van der Waals surface area contributed by atoms with Crippen LogP contribution in [-0.4, -0.2) is 32.9 Å². The smallest absolute Gasteiger partial charge is 0.272 e. The van der Waals surface area contributed by atoms with E-state index < -0.39 is 10.0 Å². The Kier molecular flexibility index (Phi) is 6.16. The molecule has 0 spiro atoms. The lowest BCUT2D eigenvalue weighted by Crippen LogP contribution is -2.31. The molecule has 0 aliphatic rings. The van der Waals surface area contributed by atoms with Gasteiger partial charge in [-0.2, -0.15) is 4.31 Å². The number of para-hydroxylation sites is 1. The molecule has 0 atom stereocenters. The van der Waals surface area contributed by atoms with E-state index >= 15 is 0 Å². The molecule has 0 aliphatic heterocycles. The first-order valence-corrected chi connectivity index (χ1v) is 9.34. The molecule has 130 valence electrons. The van der Waals surface area contributed by atoms with Crippen LogP contribution in [0.25, 0.3) is 0 Å². The van der Waals surface area contributed by atoms with Crippen molar-refractivity contribution in [2.24, 2.45) is 0 Å². The largest absolute Gasteiger partial charge is 0.496 e. The van der Waals surface area contributed by atoms with Crippen molar-refractivity contribution in [3.63, 3.8) is 0 Å². The van der Waals surface area contributed by atoms with Crippen LogP contribution in [0.15, 0.2) is 47.5 Å². The zero-order valence-corrected chi connectivity index (χ0v) is 15.1. The van der Waals surface area contributed by atoms with Gasteiger partial charge in [0.15, 0.2) is 0 Å². The molecule has 0 saturated carbocycles. The monoisotopic (exact) mass is 350 g/mol. The Bertz CT molecular complexity index is 757. The molecule has 1 aromatic carbocycles. The molecular weight excluding hydrogens is 326 g/mol. The van der Waals surface area contributed by atoms with Gasteiger partial charge in [-0.1, -0.05) is 32.0 Å². The molecule has 0 radical (unpaired) electrons. The molecule has 0 fully saturated rings. The van der Waals surface area contributed by atoms with Gasteiger partial charge >= 0.3 is 0 Å². The van der Waals surface area contributed by atoms with Gasteiger partial charge in [-0.05, 0) is 12.1 Å². The minimum atomic E-state index is -3.44. The third-order valence-corrected chi connectivity index (χ3v) is 5.84.